The summed E-state index contributed by atoms with van der Waals surface area (Å²) >= 11 is 3.49. The van der Waals surface area contributed by atoms with Gasteiger partial charge in [-0.15, -0.1) is 0 Å². The lowest BCUT2D eigenvalue weighted by atomic mass is 10.1. The van der Waals surface area contributed by atoms with Gasteiger partial charge in [-0.25, -0.2) is 0 Å². The van der Waals surface area contributed by atoms with Crippen molar-refractivity contribution in [2.75, 3.05) is 13.7 Å². The Morgan fingerprint density at radius 1 is 1.61 bits per heavy atom. The van der Waals surface area contributed by atoms with Crippen LogP contribution < -0.4 is 4.74 Å². The molecule has 1 heterocycles. The number of benzene rings is 1. The van der Waals surface area contributed by atoms with Gasteiger partial charge in [-0.2, -0.15) is 0 Å². The van der Waals surface area contributed by atoms with Gasteiger partial charge in [0.1, 0.15) is 11.8 Å². The lowest BCUT2D eigenvalue weighted by molar-refractivity contribution is -0.142. The largest absolute Gasteiger partial charge is 0.497 e. The monoisotopic (exact) mass is 313 g/mol. The zero-order chi connectivity index (χ0) is 13.1. The Labute approximate surface area is 115 Å². The van der Waals surface area contributed by atoms with E-state index in [-0.39, 0.29) is 6.04 Å². The normalized spacial score (nSPS) is 20.0. The molecule has 5 heteroatoms. The molecule has 1 aromatic carbocycles. The van der Waals surface area contributed by atoms with Gasteiger partial charge < -0.3 is 9.84 Å². The van der Waals surface area contributed by atoms with Gasteiger partial charge in [0.05, 0.1) is 7.11 Å². The quantitative estimate of drug-likeness (QED) is 0.928. The molecule has 1 N–H and O–H groups in total. The summed E-state index contributed by atoms with van der Waals surface area (Å²) in [6, 6.07) is 5.40. The number of carboxylic acid groups (broad SMARTS) is 1. The average molecular weight is 314 g/mol. The molecule has 0 amide bonds. The van der Waals surface area contributed by atoms with Crippen molar-refractivity contribution in [3.8, 4) is 5.75 Å². The minimum Gasteiger partial charge on any atom is -0.497 e. The van der Waals surface area contributed by atoms with E-state index in [0.29, 0.717) is 6.54 Å². The summed E-state index contributed by atoms with van der Waals surface area (Å²) in [4.78, 5) is 13.1. The molecule has 18 heavy (non-hydrogen) atoms. The minimum atomic E-state index is -0.730. The molecule has 4 nitrogen and oxygen atoms in total. The van der Waals surface area contributed by atoms with Gasteiger partial charge >= 0.3 is 5.97 Å². The standard InChI is InChI=1S/C13H16BrNO3/c1-18-10-4-5-11(14)9(7-10)8-15-6-2-3-12(15)13(16)17/h4-5,7,12H,2-3,6,8H2,1H3,(H,16,17)/t12-/m0/s1. The first-order chi connectivity index (χ1) is 8.61. The van der Waals surface area contributed by atoms with Crippen LogP contribution in [0.2, 0.25) is 0 Å². The van der Waals surface area contributed by atoms with Crippen LogP contribution in [0.1, 0.15) is 18.4 Å². The zero-order valence-corrected chi connectivity index (χ0v) is 11.8. The van der Waals surface area contributed by atoms with Gasteiger partial charge in [-0.3, -0.25) is 9.69 Å². The molecule has 1 aromatic rings. The van der Waals surface area contributed by atoms with Crippen LogP contribution in [-0.2, 0) is 11.3 Å². The molecule has 0 unspecified atom stereocenters. The molecule has 1 aliphatic rings. The number of methoxy groups -OCH3 is 1. The van der Waals surface area contributed by atoms with Crippen LogP contribution in [0.3, 0.4) is 0 Å². The number of halogens is 1. The van der Waals surface area contributed by atoms with Gasteiger partial charge in [-0.1, -0.05) is 15.9 Å². The van der Waals surface area contributed by atoms with Crippen molar-refractivity contribution in [2.45, 2.75) is 25.4 Å². The van der Waals surface area contributed by atoms with Crippen molar-refractivity contribution >= 4 is 21.9 Å². The van der Waals surface area contributed by atoms with E-state index in [9.17, 15) is 4.79 Å². The molecule has 98 valence electrons. The van der Waals surface area contributed by atoms with Crippen molar-refractivity contribution in [3.05, 3.63) is 28.2 Å². The number of carbonyl (C=O) groups is 1. The molecule has 0 aromatic heterocycles. The van der Waals surface area contributed by atoms with Crippen molar-refractivity contribution < 1.29 is 14.6 Å². The van der Waals surface area contributed by atoms with E-state index in [1.54, 1.807) is 7.11 Å². The lowest BCUT2D eigenvalue weighted by Gasteiger charge is -2.21. The van der Waals surface area contributed by atoms with Gasteiger partial charge in [0.25, 0.3) is 0 Å². The highest BCUT2D eigenvalue weighted by Gasteiger charge is 2.30. The topological polar surface area (TPSA) is 49.8 Å². The van der Waals surface area contributed by atoms with Crippen LogP contribution in [0, 0.1) is 0 Å². The predicted octanol–water partition coefficient (Wildman–Crippen LogP) is 2.51. The van der Waals surface area contributed by atoms with Crippen molar-refractivity contribution in [1.82, 2.24) is 4.90 Å². The van der Waals surface area contributed by atoms with Crippen molar-refractivity contribution in [3.63, 3.8) is 0 Å². The van der Waals surface area contributed by atoms with Crippen LogP contribution in [0.25, 0.3) is 0 Å². The molecule has 0 bridgehead atoms. The third-order valence-electron chi connectivity index (χ3n) is 3.28. The Kier molecular flexibility index (Phi) is 4.24. The Bertz CT molecular complexity index is 450. The molecular weight excluding hydrogens is 298 g/mol. The maximum absolute atomic E-state index is 11.1. The number of rotatable bonds is 4. The summed E-state index contributed by atoms with van der Waals surface area (Å²) in [5, 5.41) is 9.15. The molecule has 1 fully saturated rings. The first-order valence-electron chi connectivity index (χ1n) is 5.91. The Morgan fingerprint density at radius 2 is 2.39 bits per heavy atom. The Hall–Kier alpha value is -1.07. The summed E-state index contributed by atoms with van der Waals surface area (Å²) in [7, 11) is 1.63. The van der Waals surface area contributed by atoms with Crippen LogP contribution in [0.4, 0.5) is 0 Å². The summed E-state index contributed by atoms with van der Waals surface area (Å²) in [5.74, 6) is 0.0609. The van der Waals surface area contributed by atoms with E-state index in [1.807, 2.05) is 23.1 Å². The van der Waals surface area contributed by atoms with E-state index in [1.165, 1.54) is 0 Å². The van der Waals surface area contributed by atoms with Crippen molar-refractivity contribution in [2.24, 2.45) is 0 Å². The first-order valence-corrected chi connectivity index (χ1v) is 6.70. The second-order valence-electron chi connectivity index (χ2n) is 4.42. The third kappa shape index (κ3) is 2.84. The summed E-state index contributed by atoms with van der Waals surface area (Å²) in [6.07, 6.45) is 1.68. The fourth-order valence-electron chi connectivity index (χ4n) is 2.31. The van der Waals surface area contributed by atoms with E-state index in [4.69, 9.17) is 9.84 Å². The molecule has 0 spiro atoms. The summed E-state index contributed by atoms with van der Waals surface area (Å²) in [6.45, 7) is 1.47. The van der Waals surface area contributed by atoms with Gasteiger partial charge in [0, 0.05) is 11.0 Å². The second-order valence-corrected chi connectivity index (χ2v) is 5.28. The smallest absolute Gasteiger partial charge is 0.320 e. The van der Waals surface area contributed by atoms with Crippen molar-refractivity contribution in [1.29, 1.82) is 0 Å². The van der Waals surface area contributed by atoms with Crippen LogP contribution in [0.5, 0.6) is 5.75 Å². The van der Waals surface area contributed by atoms with Crippen LogP contribution in [0.15, 0.2) is 22.7 Å². The fourth-order valence-corrected chi connectivity index (χ4v) is 2.69. The van der Waals surface area contributed by atoms with Crippen LogP contribution >= 0.6 is 15.9 Å². The molecule has 0 saturated carbocycles. The van der Waals surface area contributed by atoms with Crippen LogP contribution in [-0.4, -0.2) is 35.7 Å². The predicted molar refractivity (Wildman–Crippen MR) is 71.8 cm³/mol. The summed E-state index contributed by atoms with van der Waals surface area (Å²) in [5.41, 5.74) is 1.06. The van der Waals surface area contributed by atoms with E-state index in [2.05, 4.69) is 15.9 Å². The van der Waals surface area contributed by atoms with E-state index < -0.39 is 5.97 Å². The maximum Gasteiger partial charge on any atom is 0.320 e. The number of likely N-dealkylation sites (tertiary alicyclic amines) is 1. The molecule has 2 rings (SSSR count). The highest BCUT2D eigenvalue weighted by atomic mass is 79.9. The molecule has 1 saturated heterocycles. The number of nitrogens with zero attached hydrogens (tertiary/aromatic N) is 1. The third-order valence-corrected chi connectivity index (χ3v) is 4.05. The van der Waals surface area contributed by atoms with Gasteiger partial charge in [-0.05, 0) is 43.1 Å². The lowest BCUT2D eigenvalue weighted by Crippen LogP contribution is -2.35. The maximum atomic E-state index is 11.1. The Balaban J connectivity index is 2.15. The number of aliphatic carboxylic acids is 1. The van der Waals surface area contributed by atoms with E-state index in [0.717, 1.165) is 35.2 Å². The van der Waals surface area contributed by atoms with Gasteiger partial charge in [0.2, 0.25) is 0 Å². The number of carboxylic acids is 1. The summed E-state index contributed by atoms with van der Waals surface area (Å²) < 4.78 is 6.18. The Morgan fingerprint density at radius 3 is 3.06 bits per heavy atom. The average Bonchev–Trinajstić information content (AvgIpc) is 2.80. The first kappa shape index (κ1) is 13.4. The zero-order valence-electron chi connectivity index (χ0n) is 10.2. The molecule has 1 aliphatic heterocycles. The molecule has 0 radical (unpaired) electrons. The van der Waals surface area contributed by atoms with Gasteiger partial charge in [0.15, 0.2) is 0 Å². The molecule has 1 atom stereocenters. The fraction of sp³-hybridized carbons (Fsp3) is 0.462. The molecule has 0 aliphatic carbocycles. The minimum absolute atomic E-state index is 0.358. The highest BCUT2D eigenvalue weighted by Crippen LogP contribution is 2.27. The number of hydrogen-bond donors (Lipinski definition) is 1. The number of hydrogen-bond acceptors (Lipinski definition) is 3. The second kappa shape index (κ2) is 5.71. The number of ether oxygens (including phenoxy) is 1. The molecular formula is C13H16BrNO3. The highest BCUT2D eigenvalue weighted by molar-refractivity contribution is 9.10. The SMILES string of the molecule is COc1ccc(Br)c(CN2CCC[C@H]2C(=O)O)c1. The van der Waals surface area contributed by atoms with E-state index >= 15 is 0 Å².